The lowest BCUT2D eigenvalue weighted by Gasteiger charge is -2.43. The maximum absolute atomic E-state index is 12.1. The molecule has 0 aromatic carbocycles. The van der Waals surface area contributed by atoms with Crippen molar-refractivity contribution >= 4 is 5.97 Å². The van der Waals surface area contributed by atoms with Gasteiger partial charge in [0.15, 0.2) is 11.9 Å². The van der Waals surface area contributed by atoms with Crippen molar-refractivity contribution in [1.82, 2.24) is 0 Å². The Balaban J connectivity index is 2.82. The van der Waals surface area contributed by atoms with Crippen LogP contribution in [0.15, 0.2) is 12.7 Å². The summed E-state index contributed by atoms with van der Waals surface area (Å²) in [5.41, 5.74) is -0.642. The van der Waals surface area contributed by atoms with Crippen LogP contribution in [0.5, 0.6) is 0 Å². The van der Waals surface area contributed by atoms with E-state index in [4.69, 9.17) is 14.2 Å². The van der Waals surface area contributed by atoms with E-state index in [1.807, 2.05) is 13.8 Å². The van der Waals surface area contributed by atoms with Crippen LogP contribution in [0.1, 0.15) is 53.9 Å². The van der Waals surface area contributed by atoms with Gasteiger partial charge in [-0.25, -0.2) is 4.79 Å². The summed E-state index contributed by atoms with van der Waals surface area (Å²) in [6.07, 6.45) is 2.01. The van der Waals surface area contributed by atoms with Crippen LogP contribution < -0.4 is 0 Å². The molecule has 22 heavy (non-hydrogen) atoms. The first-order valence-electron chi connectivity index (χ1n) is 8.03. The quantitative estimate of drug-likeness (QED) is 0.603. The van der Waals surface area contributed by atoms with E-state index in [1.54, 1.807) is 26.8 Å². The van der Waals surface area contributed by atoms with E-state index in [1.165, 1.54) is 0 Å². The zero-order valence-corrected chi connectivity index (χ0v) is 14.4. The molecular weight excluding hydrogens is 284 g/mol. The Morgan fingerprint density at radius 3 is 2.50 bits per heavy atom. The summed E-state index contributed by atoms with van der Waals surface area (Å²) in [6.45, 7) is 13.6. The maximum Gasteiger partial charge on any atom is 0.336 e. The van der Waals surface area contributed by atoms with E-state index in [2.05, 4.69) is 6.58 Å². The molecule has 0 aromatic heterocycles. The first-order chi connectivity index (χ1) is 10.2. The van der Waals surface area contributed by atoms with Crippen LogP contribution in [0.25, 0.3) is 0 Å². The Kier molecular flexibility index (Phi) is 6.59. The molecule has 0 spiro atoms. The standard InChI is InChI=1S/C17H30O5/c1-7-12(14(18)15(19)22-16(4,5)6)13-10-11-20-17(8-2,9-3)21-13/h7,12-14,18H,1,8-11H2,2-6H3/t12-,13+,14+/m1/s1. The van der Waals surface area contributed by atoms with Crippen LogP contribution in [0, 0.1) is 5.92 Å². The fourth-order valence-corrected chi connectivity index (χ4v) is 2.62. The highest BCUT2D eigenvalue weighted by molar-refractivity contribution is 5.75. The number of aliphatic hydroxyl groups is 1. The van der Waals surface area contributed by atoms with Gasteiger partial charge in [-0.1, -0.05) is 19.9 Å². The highest BCUT2D eigenvalue weighted by Crippen LogP contribution is 2.34. The zero-order chi connectivity index (χ0) is 17.0. The van der Waals surface area contributed by atoms with Gasteiger partial charge in [0.1, 0.15) is 5.60 Å². The summed E-state index contributed by atoms with van der Waals surface area (Å²) in [7, 11) is 0. The largest absolute Gasteiger partial charge is 0.458 e. The fourth-order valence-electron chi connectivity index (χ4n) is 2.62. The molecule has 1 aliphatic heterocycles. The molecule has 0 aromatic rings. The van der Waals surface area contributed by atoms with Gasteiger partial charge in [0.25, 0.3) is 0 Å². The Labute approximate surface area is 133 Å². The van der Waals surface area contributed by atoms with Gasteiger partial charge in [0.2, 0.25) is 0 Å². The molecule has 128 valence electrons. The zero-order valence-electron chi connectivity index (χ0n) is 14.4. The Bertz CT molecular complexity index is 381. The molecule has 1 saturated heterocycles. The SMILES string of the molecule is C=C[C@H]([C@@H]1CCOC(CC)(CC)O1)[C@H](O)C(=O)OC(C)(C)C. The Morgan fingerprint density at radius 1 is 1.45 bits per heavy atom. The van der Waals surface area contributed by atoms with Crippen molar-refractivity contribution in [3.05, 3.63) is 12.7 Å². The summed E-state index contributed by atoms with van der Waals surface area (Å²) >= 11 is 0. The van der Waals surface area contributed by atoms with Gasteiger partial charge in [-0.15, -0.1) is 6.58 Å². The van der Waals surface area contributed by atoms with Crippen molar-refractivity contribution in [1.29, 1.82) is 0 Å². The van der Waals surface area contributed by atoms with Gasteiger partial charge in [-0.05, 0) is 40.0 Å². The molecule has 1 N–H and O–H groups in total. The summed E-state index contributed by atoms with van der Waals surface area (Å²) in [6, 6.07) is 0. The monoisotopic (exact) mass is 314 g/mol. The third-order valence-corrected chi connectivity index (χ3v) is 3.93. The number of aliphatic hydroxyl groups excluding tert-OH is 1. The van der Waals surface area contributed by atoms with Crippen LogP contribution in [0.2, 0.25) is 0 Å². The van der Waals surface area contributed by atoms with E-state index in [9.17, 15) is 9.90 Å². The third kappa shape index (κ3) is 4.80. The predicted octanol–water partition coefficient (Wildman–Crippen LogP) is 2.81. The van der Waals surface area contributed by atoms with E-state index >= 15 is 0 Å². The molecule has 5 nitrogen and oxygen atoms in total. The average molecular weight is 314 g/mol. The van der Waals surface area contributed by atoms with Crippen LogP contribution >= 0.6 is 0 Å². The van der Waals surface area contributed by atoms with Crippen LogP contribution in [0.4, 0.5) is 0 Å². The summed E-state index contributed by atoms with van der Waals surface area (Å²) in [5.74, 6) is -1.81. The number of hydrogen-bond donors (Lipinski definition) is 1. The van der Waals surface area contributed by atoms with Crippen molar-refractivity contribution in [3.8, 4) is 0 Å². The molecule has 0 aliphatic carbocycles. The van der Waals surface area contributed by atoms with Crippen LogP contribution in [0.3, 0.4) is 0 Å². The van der Waals surface area contributed by atoms with Crippen molar-refractivity contribution in [2.75, 3.05) is 6.61 Å². The molecule has 0 radical (unpaired) electrons. The molecule has 0 unspecified atom stereocenters. The second kappa shape index (κ2) is 7.57. The number of carbonyl (C=O) groups excluding carboxylic acids is 1. The predicted molar refractivity (Wildman–Crippen MR) is 84.3 cm³/mol. The number of esters is 1. The number of carbonyl (C=O) groups is 1. The first-order valence-corrected chi connectivity index (χ1v) is 8.03. The van der Waals surface area contributed by atoms with Gasteiger partial charge >= 0.3 is 5.97 Å². The highest BCUT2D eigenvalue weighted by Gasteiger charge is 2.42. The minimum Gasteiger partial charge on any atom is -0.458 e. The second-order valence-corrected chi connectivity index (χ2v) is 6.70. The van der Waals surface area contributed by atoms with Gasteiger partial charge in [0.05, 0.1) is 12.7 Å². The topological polar surface area (TPSA) is 65.0 Å². The molecule has 5 heteroatoms. The van der Waals surface area contributed by atoms with Crippen LogP contribution in [-0.4, -0.2) is 41.3 Å². The molecule has 1 aliphatic rings. The van der Waals surface area contributed by atoms with Crippen molar-refractivity contribution < 1.29 is 24.1 Å². The smallest absolute Gasteiger partial charge is 0.336 e. The summed E-state index contributed by atoms with van der Waals surface area (Å²) in [4.78, 5) is 12.1. The summed E-state index contributed by atoms with van der Waals surface area (Å²) < 4.78 is 17.1. The van der Waals surface area contributed by atoms with Gasteiger partial charge in [-0.3, -0.25) is 0 Å². The minimum atomic E-state index is -1.29. The maximum atomic E-state index is 12.1. The molecule has 1 heterocycles. The van der Waals surface area contributed by atoms with E-state index in [0.717, 1.165) is 0 Å². The van der Waals surface area contributed by atoms with Gasteiger partial charge in [0, 0.05) is 5.92 Å². The molecule has 1 rings (SSSR count). The number of hydrogen-bond acceptors (Lipinski definition) is 5. The molecule has 0 bridgehead atoms. The lowest BCUT2D eigenvalue weighted by atomic mass is 9.92. The van der Waals surface area contributed by atoms with E-state index < -0.39 is 29.4 Å². The molecule has 0 saturated carbocycles. The highest BCUT2D eigenvalue weighted by atomic mass is 16.7. The van der Waals surface area contributed by atoms with Crippen LogP contribution in [-0.2, 0) is 19.0 Å². The number of rotatable bonds is 6. The second-order valence-electron chi connectivity index (χ2n) is 6.70. The summed E-state index contributed by atoms with van der Waals surface area (Å²) in [5, 5.41) is 10.3. The Hall–Kier alpha value is -0.910. The number of ether oxygens (including phenoxy) is 3. The fraction of sp³-hybridized carbons (Fsp3) is 0.824. The average Bonchev–Trinajstić information content (AvgIpc) is 2.46. The molecule has 0 amide bonds. The van der Waals surface area contributed by atoms with Gasteiger partial charge in [-0.2, -0.15) is 0 Å². The third-order valence-electron chi connectivity index (χ3n) is 3.93. The lowest BCUT2D eigenvalue weighted by molar-refractivity contribution is -0.305. The van der Waals surface area contributed by atoms with E-state index in [0.29, 0.717) is 25.9 Å². The van der Waals surface area contributed by atoms with Crippen molar-refractivity contribution in [3.63, 3.8) is 0 Å². The molecular formula is C17H30O5. The normalized spacial score (nSPS) is 24.4. The van der Waals surface area contributed by atoms with Crippen molar-refractivity contribution in [2.24, 2.45) is 5.92 Å². The van der Waals surface area contributed by atoms with Crippen molar-refractivity contribution in [2.45, 2.75) is 77.5 Å². The van der Waals surface area contributed by atoms with Gasteiger partial charge < -0.3 is 19.3 Å². The van der Waals surface area contributed by atoms with E-state index in [-0.39, 0.29) is 6.10 Å². The lowest BCUT2D eigenvalue weighted by Crippen LogP contribution is -2.50. The molecule has 1 fully saturated rings. The first kappa shape index (κ1) is 19.1. The minimum absolute atomic E-state index is 0.311. The molecule has 3 atom stereocenters. The Morgan fingerprint density at radius 2 is 2.05 bits per heavy atom.